The molecule has 1 aliphatic rings. The highest BCUT2D eigenvalue weighted by molar-refractivity contribution is 5.95. The third-order valence-corrected chi connectivity index (χ3v) is 4.56. The standard InChI is InChI=1S/C20H23N3O2/c1-14(23-12-11-16-5-3-4-6-17(16)13-23)20(25)22-19-9-7-18(8-10-19)21-15(2)24/h3-10,14H,11-13H2,1-2H3,(H,21,24)(H,22,25). The summed E-state index contributed by atoms with van der Waals surface area (Å²) in [7, 11) is 0. The molecule has 5 nitrogen and oxygen atoms in total. The number of carbonyl (C=O) groups excluding carboxylic acids is 2. The molecule has 0 fully saturated rings. The van der Waals surface area contributed by atoms with Gasteiger partial charge in [-0.05, 0) is 48.7 Å². The second-order valence-corrected chi connectivity index (χ2v) is 6.41. The Morgan fingerprint density at radius 1 is 0.960 bits per heavy atom. The van der Waals surface area contributed by atoms with Crippen molar-refractivity contribution < 1.29 is 9.59 Å². The van der Waals surface area contributed by atoms with Gasteiger partial charge in [-0.3, -0.25) is 14.5 Å². The first-order chi connectivity index (χ1) is 12.0. The lowest BCUT2D eigenvalue weighted by atomic mass is 9.99. The van der Waals surface area contributed by atoms with Crippen LogP contribution >= 0.6 is 0 Å². The zero-order valence-electron chi connectivity index (χ0n) is 14.6. The van der Waals surface area contributed by atoms with Gasteiger partial charge in [0.2, 0.25) is 11.8 Å². The van der Waals surface area contributed by atoms with Crippen molar-refractivity contribution in [3.05, 3.63) is 59.7 Å². The summed E-state index contributed by atoms with van der Waals surface area (Å²) in [5.74, 6) is -0.137. The maximum atomic E-state index is 12.6. The Kier molecular flexibility index (Phi) is 5.14. The van der Waals surface area contributed by atoms with Crippen LogP contribution in [0.2, 0.25) is 0 Å². The number of rotatable bonds is 4. The van der Waals surface area contributed by atoms with Crippen LogP contribution < -0.4 is 10.6 Å². The Balaban J connectivity index is 1.60. The average Bonchev–Trinajstić information content (AvgIpc) is 2.62. The largest absolute Gasteiger partial charge is 0.326 e. The van der Waals surface area contributed by atoms with Crippen LogP contribution in [0.15, 0.2) is 48.5 Å². The van der Waals surface area contributed by atoms with Crippen LogP contribution in [0.3, 0.4) is 0 Å². The molecule has 0 saturated heterocycles. The molecule has 1 atom stereocenters. The maximum absolute atomic E-state index is 12.6. The van der Waals surface area contributed by atoms with E-state index in [2.05, 4.69) is 33.7 Å². The molecule has 0 radical (unpaired) electrons. The highest BCUT2D eigenvalue weighted by Crippen LogP contribution is 2.21. The number of amides is 2. The van der Waals surface area contributed by atoms with Gasteiger partial charge in [-0.25, -0.2) is 0 Å². The first kappa shape index (κ1) is 17.2. The molecule has 3 rings (SSSR count). The predicted octanol–water partition coefficient (Wildman–Crippen LogP) is 3.03. The molecule has 1 aliphatic heterocycles. The first-order valence-corrected chi connectivity index (χ1v) is 8.52. The van der Waals surface area contributed by atoms with E-state index in [1.54, 1.807) is 24.3 Å². The predicted molar refractivity (Wildman–Crippen MR) is 99.4 cm³/mol. The van der Waals surface area contributed by atoms with E-state index in [9.17, 15) is 9.59 Å². The van der Waals surface area contributed by atoms with Crippen LogP contribution in [0.25, 0.3) is 0 Å². The summed E-state index contributed by atoms with van der Waals surface area (Å²) < 4.78 is 0. The highest BCUT2D eigenvalue weighted by atomic mass is 16.2. The molecule has 0 aromatic heterocycles. The summed E-state index contributed by atoms with van der Waals surface area (Å²) in [6.07, 6.45) is 0.971. The van der Waals surface area contributed by atoms with Crippen LogP contribution in [-0.4, -0.2) is 29.3 Å². The Hall–Kier alpha value is -2.66. The zero-order valence-corrected chi connectivity index (χ0v) is 14.6. The monoisotopic (exact) mass is 337 g/mol. The Bertz CT molecular complexity index is 771. The van der Waals surface area contributed by atoms with Gasteiger partial charge in [-0.15, -0.1) is 0 Å². The van der Waals surface area contributed by atoms with E-state index in [-0.39, 0.29) is 17.9 Å². The molecule has 0 aliphatic carbocycles. The number of benzene rings is 2. The maximum Gasteiger partial charge on any atom is 0.241 e. The Morgan fingerprint density at radius 3 is 2.20 bits per heavy atom. The van der Waals surface area contributed by atoms with E-state index in [4.69, 9.17) is 0 Å². The lowest BCUT2D eigenvalue weighted by molar-refractivity contribution is -0.121. The first-order valence-electron chi connectivity index (χ1n) is 8.52. The van der Waals surface area contributed by atoms with Gasteiger partial charge in [0.15, 0.2) is 0 Å². The van der Waals surface area contributed by atoms with Crippen molar-refractivity contribution in [1.29, 1.82) is 0 Å². The number of fused-ring (bicyclic) bond motifs is 1. The molecule has 130 valence electrons. The molecule has 2 aromatic carbocycles. The number of nitrogens with one attached hydrogen (secondary N) is 2. The minimum absolute atomic E-state index is 0.0216. The fourth-order valence-electron chi connectivity index (χ4n) is 3.10. The van der Waals surface area contributed by atoms with Gasteiger partial charge in [0, 0.05) is 31.4 Å². The van der Waals surface area contributed by atoms with E-state index in [1.807, 2.05) is 13.0 Å². The van der Waals surface area contributed by atoms with Gasteiger partial charge in [-0.2, -0.15) is 0 Å². The smallest absolute Gasteiger partial charge is 0.241 e. The summed E-state index contributed by atoms with van der Waals surface area (Å²) in [6, 6.07) is 15.3. The molecular formula is C20H23N3O2. The van der Waals surface area contributed by atoms with Crippen molar-refractivity contribution in [3.8, 4) is 0 Å². The van der Waals surface area contributed by atoms with E-state index in [0.29, 0.717) is 5.69 Å². The van der Waals surface area contributed by atoms with Gasteiger partial charge in [0.1, 0.15) is 0 Å². The van der Waals surface area contributed by atoms with Crippen molar-refractivity contribution in [1.82, 2.24) is 4.90 Å². The second-order valence-electron chi connectivity index (χ2n) is 6.41. The second kappa shape index (κ2) is 7.49. The van der Waals surface area contributed by atoms with Crippen molar-refractivity contribution >= 4 is 23.2 Å². The molecule has 0 saturated carbocycles. The van der Waals surface area contributed by atoms with E-state index in [0.717, 1.165) is 25.2 Å². The summed E-state index contributed by atoms with van der Waals surface area (Å²) in [5, 5.41) is 5.66. The van der Waals surface area contributed by atoms with Crippen molar-refractivity contribution in [3.63, 3.8) is 0 Å². The fourth-order valence-corrected chi connectivity index (χ4v) is 3.10. The minimum Gasteiger partial charge on any atom is -0.326 e. The van der Waals surface area contributed by atoms with E-state index < -0.39 is 0 Å². The highest BCUT2D eigenvalue weighted by Gasteiger charge is 2.25. The third-order valence-electron chi connectivity index (χ3n) is 4.56. The molecule has 1 unspecified atom stereocenters. The summed E-state index contributed by atoms with van der Waals surface area (Å²) in [6.45, 7) is 5.09. The van der Waals surface area contributed by atoms with Gasteiger partial charge in [0.25, 0.3) is 0 Å². The molecule has 2 aromatic rings. The average molecular weight is 337 g/mol. The lowest BCUT2D eigenvalue weighted by Gasteiger charge is -2.32. The Labute approximate surface area is 148 Å². The van der Waals surface area contributed by atoms with Gasteiger partial charge in [-0.1, -0.05) is 24.3 Å². The molecule has 1 heterocycles. The van der Waals surface area contributed by atoms with Crippen molar-refractivity contribution in [2.45, 2.75) is 32.9 Å². The van der Waals surface area contributed by atoms with Crippen molar-refractivity contribution in [2.75, 3.05) is 17.2 Å². The van der Waals surface area contributed by atoms with Gasteiger partial charge < -0.3 is 10.6 Å². The summed E-state index contributed by atoms with van der Waals surface area (Å²) in [4.78, 5) is 25.8. The molecule has 2 amide bonds. The third kappa shape index (κ3) is 4.25. The molecule has 0 spiro atoms. The van der Waals surface area contributed by atoms with Crippen LogP contribution in [0, 0.1) is 0 Å². The fraction of sp³-hybridized carbons (Fsp3) is 0.300. The quantitative estimate of drug-likeness (QED) is 0.901. The molecular weight excluding hydrogens is 314 g/mol. The molecule has 25 heavy (non-hydrogen) atoms. The molecule has 5 heteroatoms. The molecule has 0 bridgehead atoms. The molecule has 2 N–H and O–H groups in total. The van der Waals surface area contributed by atoms with Crippen LogP contribution in [0.5, 0.6) is 0 Å². The van der Waals surface area contributed by atoms with E-state index in [1.165, 1.54) is 18.1 Å². The number of hydrogen-bond donors (Lipinski definition) is 2. The SMILES string of the molecule is CC(=O)Nc1ccc(NC(=O)C(C)N2CCc3ccccc3C2)cc1. The number of hydrogen-bond acceptors (Lipinski definition) is 3. The van der Waals surface area contributed by atoms with Gasteiger partial charge >= 0.3 is 0 Å². The number of anilines is 2. The van der Waals surface area contributed by atoms with Crippen molar-refractivity contribution in [2.24, 2.45) is 0 Å². The van der Waals surface area contributed by atoms with Crippen LogP contribution in [-0.2, 0) is 22.6 Å². The Morgan fingerprint density at radius 2 is 1.56 bits per heavy atom. The van der Waals surface area contributed by atoms with E-state index >= 15 is 0 Å². The summed E-state index contributed by atoms with van der Waals surface area (Å²) in [5.41, 5.74) is 4.11. The van der Waals surface area contributed by atoms with Crippen LogP contribution in [0.4, 0.5) is 11.4 Å². The lowest BCUT2D eigenvalue weighted by Crippen LogP contribution is -2.44. The van der Waals surface area contributed by atoms with Gasteiger partial charge in [0.05, 0.1) is 6.04 Å². The normalized spacial score (nSPS) is 15.1. The zero-order chi connectivity index (χ0) is 17.8. The van der Waals surface area contributed by atoms with Crippen LogP contribution in [0.1, 0.15) is 25.0 Å². The topological polar surface area (TPSA) is 61.4 Å². The number of carbonyl (C=O) groups is 2. The number of nitrogens with zero attached hydrogens (tertiary/aromatic N) is 1. The summed E-state index contributed by atoms with van der Waals surface area (Å²) >= 11 is 0. The minimum atomic E-state index is -0.205.